The standard InChI is InChI=1S/C14H17N3O4/c1-17-3-2-8(4-13(17)18)14(19)16-10-6-12-11(5-9(10)15)20-7-21-12/h5-6,8H,2-4,7,15H2,1H3,(H,16,19). The van der Waals surface area contributed by atoms with Crippen molar-refractivity contribution in [3.8, 4) is 11.5 Å². The predicted octanol–water partition coefficient (Wildman–Crippen LogP) is 0.804. The predicted molar refractivity (Wildman–Crippen MR) is 76.0 cm³/mol. The Morgan fingerprint density at radius 3 is 2.81 bits per heavy atom. The first-order valence-corrected chi connectivity index (χ1v) is 6.78. The van der Waals surface area contributed by atoms with E-state index in [1.165, 1.54) is 0 Å². The number of likely N-dealkylation sites (tertiary alicyclic amines) is 1. The van der Waals surface area contributed by atoms with E-state index in [0.717, 1.165) is 0 Å². The van der Waals surface area contributed by atoms with Crippen LogP contribution in [0, 0.1) is 5.92 Å². The van der Waals surface area contributed by atoms with E-state index in [0.29, 0.717) is 35.8 Å². The van der Waals surface area contributed by atoms with E-state index in [-0.39, 0.29) is 30.9 Å². The average molecular weight is 291 g/mol. The number of hydrogen-bond acceptors (Lipinski definition) is 5. The number of amides is 2. The Balaban J connectivity index is 1.72. The first kappa shape index (κ1) is 13.5. The number of rotatable bonds is 2. The van der Waals surface area contributed by atoms with Crippen LogP contribution in [0.3, 0.4) is 0 Å². The molecule has 0 bridgehead atoms. The van der Waals surface area contributed by atoms with Gasteiger partial charge in [-0.2, -0.15) is 0 Å². The van der Waals surface area contributed by atoms with Crippen LogP contribution in [0.1, 0.15) is 12.8 Å². The SMILES string of the molecule is CN1CCC(C(=O)Nc2cc3c(cc2N)OCO3)CC1=O. The van der Waals surface area contributed by atoms with Crippen LogP contribution >= 0.6 is 0 Å². The lowest BCUT2D eigenvalue weighted by Crippen LogP contribution is -2.39. The van der Waals surface area contributed by atoms with Gasteiger partial charge in [-0.3, -0.25) is 9.59 Å². The lowest BCUT2D eigenvalue weighted by atomic mass is 9.95. The number of fused-ring (bicyclic) bond motifs is 1. The molecule has 0 radical (unpaired) electrons. The molecule has 0 aliphatic carbocycles. The number of ether oxygens (including phenoxy) is 2. The highest BCUT2D eigenvalue weighted by Crippen LogP contribution is 2.38. The fourth-order valence-corrected chi connectivity index (χ4v) is 2.47. The highest BCUT2D eigenvalue weighted by Gasteiger charge is 2.29. The number of anilines is 2. The molecule has 0 saturated carbocycles. The van der Waals surface area contributed by atoms with Gasteiger partial charge in [0.1, 0.15) is 0 Å². The Kier molecular flexibility index (Phi) is 3.32. The number of piperidine rings is 1. The van der Waals surface area contributed by atoms with Crippen molar-refractivity contribution in [1.82, 2.24) is 4.90 Å². The summed E-state index contributed by atoms with van der Waals surface area (Å²) < 4.78 is 10.5. The van der Waals surface area contributed by atoms with Crippen LogP contribution in [0.15, 0.2) is 12.1 Å². The van der Waals surface area contributed by atoms with Crippen molar-refractivity contribution in [3.63, 3.8) is 0 Å². The molecule has 1 fully saturated rings. The van der Waals surface area contributed by atoms with Gasteiger partial charge in [-0.15, -0.1) is 0 Å². The van der Waals surface area contributed by atoms with Crippen LogP contribution in [0.2, 0.25) is 0 Å². The van der Waals surface area contributed by atoms with Crippen LogP contribution in [0.5, 0.6) is 11.5 Å². The van der Waals surface area contributed by atoms with Gasteiger partial charge in [0.2, 0.25) is 18.6 Å². The second kappa shape index (κ2) is 5.16. The smallest absolute Gasteiger partial charge is 0.231 e. The number of hydrogen-bond donors (Lipinski definition) is 2. The molecule has 0 spiro atoms. The van der Waals surface area contributed by atoms with E-state index in [4.69, 9.17) is 15.2 Å². The molecule has 1 atom stereocenters. The largest absolute Gasteiger partial charge is 0.454 e. The summed E-state index contributed by atoms with van der Waals surface area (Å²) in [5.74, 6) is 0.597. The Morgan fingerprint density at radius 1 is 1.38 bits per heavy atom. The van der Waals surface area contributed by atoms with E-state index < -0.39 is 0 Å². The van der Waals surface area contributed by atoms with Crippen molar-refractivity contribution in [3.05, 3.63) is 12.1 Å². The molecular formula is C14H17N3O4. The van der Waals surface area contributed by atoms with Gasteiger partial charge in [0.25, 0.3) is 0 Å². The summed E-state index contributed by atoms with van der Waals surface area (Å²) in [5.41, 5.74) is 6.79. The van der Waals surface area contributed by atoms with E-state index >= 15 is 0 Å². The second-order valence-electron chi connectivity index (χ2n) is 5.29. The number of carbonyl (C=O) groups is 2. The van der Waals surface area contributed by atoms with Crippen LogP contribution in [-0.2, 0) is 9.59 Å². The monoisotopic (exact) mass is 291 g/mol. The maximum absolute atomic E-state index is 12.3. The Hall–Kier alpha value is -2.44. The summed E-state index contributed by atoms with van der Waals surface area (Å²) in [7, 11) is 1.74. The van der Waals surface area contributed by atoms with Crippen molar-refractivity contribution in [2.45, 2.75) is 12.8 Å². The Bertz CT molecular complexity index is 602. The normalized spacial score (nSPS) is 20.5. The summed E-state index contributed by atoms with van der Waals surface area (Å²) in [5, 5.41) is 2.77. The first-order valence-electron chi connectivity index (χ1n) is 6.78. The van der Waals surface area contributed by atoms with Gasteiger partial charge in [0.05, 0.1) is 11.4 Å². The minimum Gasteiger partial charge on any atom is -0.454 e. The summed E-state index contributed by atoms with van der Waals surface area (Å²) in [6.45, 7) is 0.739. The number of carbonyl (C=O) groups excluding carboxylic acids is 2. The molecule has 2 aliphatic heterocycles. The number of nitrogens with zero attached hydrogens (tertiary/aromatic N) is 1. The van der Waals surface area contributed by atoms with Crippen LogP contribution in [0.4, 0.5) is 11.4 Å². The second-order valence-corrected chi connectivity index (χ2v) is 5.29. The summed E-state index contributed by atoms with van der Waals surface area (Å²) in [6.07, 6.45) is 0.880. The lowest BCUT2D eigenvalue weighted by molar-refractivity contribution is -0.137. The first-order chi connectivity index (χ1) is 10.0. The fraction of sp³-hybridized carbons (Fsp3) is 0.429. The molecule has 7 heteroatoms. The molecule has 2 aliphatic rings. The summed E-state index contributed by atoms with van der Waals surface area (Å²) in [4.78, 5) is 25.6. The molecule has 21 heavy (non-hydrogen) atoms. The van der Waals surface area contributed by atoms with Gasteiger partial charge >= 0.3 is 0 Å². The maximum Gasteiger partial charge on any atom is 0.231 e. The molecule has 112 valence electrons. The molecule has 2 heterocycles. The fourth-order valence-electron chi connectivity index (χ4n) is 2.47. The number of benzene rings is 1. The minimum absolute atomic E-state index is 0.0138. The Morgan fingerprint density at radius 2 is 2.10 bits per heavy atom. The minimum atomic E-state index is -0.321. The summed E-state index contributed by atoms with van der Waals surface area (Å²) in [6, 6.07) is 3.27. The van der Waals surface area contributed by atoms with E-state index in [2.05, 4.69) is 5.32 Å². The number of nitrogen functional groups attached to an aromatic ring is 1. The van der Waals surface area contributed by atoms with Gasteiger partial charge in [0, 0.05) is 38.1 Å². The zero-order valence-electron chi connectivity index (χ0n) is 11.7. The molecule has 7 nitrogen and oxygen atoms in total. The quantitative estimate of drug-likeness (QED) is 0.786. The van der Waals surface area contributed by atoms with Gasteiger partial charge in [-0.05, 0) is 6.42 Å². The van der Waals surface area contributed by atoms with E-state index in [1.807, 2.05) is 0 Å². The van der Waals surface area contributed by atoms with Crippen LogP contribution in [0.25, 0.3) is 0 Å². The van der Waals surface area contributed by atoms with Gasteiger partial charge in [-0.1, -0.05) is 0 Å². The number of nitrogens with one attached hydrogen (secondary N) is 1. The van der Waals surface area contributed by atoms with Crippen molar-refractivity contribution in [2.75, 3.05) is 31.4 Å². The van der Waals surface area contributed by atoms with Crippen molar-refractivity contribution < 1.29 is 19.1 Å². The molecular weight excluding hydrogens is 274 g/mol. The van der Waals surface area contributed by atoms with E-state index in [1.54, 1.807) is 24.1 Å². The van der Waals surface area contributed by atoms with Gasteiger partial charge in [-0.25, -0.2) is 0 Å². The zero-order chi connectivity index (χ0) is 15.0. The van der Waals surface area contributed by atoms with Crippen molar-refractivity contribution in [1.29, 1.82) is 0 Å². The highest BCUT2D eigenvalue weighted by molar-refractivity contribution is 5.98. The van der Waals surface area contributed by atoms with Crippen LogP contribution in [-0.4, -0.2) is 37.1 Å². The third-order valence-electron chi connectivity index (χ3n) is 3.83. The summed E-state index contributed by atoms with van der Waals surface area (Å²) >= 11 is 0. The number of nitrogens with two attached hydrogens (primary N) is 1. The van der Waals surface area contributed by atoms with Crippen molar-refractivity contribution in [2.24, 2.45) is 5.92 Å². The topological polar surface area (TPSA) is 93.9 Å². The highest BCUT2D eigenvalue weighted by atomic mass is 16.7. The third-order valence-corrected chi connectivity index (χ3v) is 3.83. The lowest BCUT2D eigenvalue weighted by Gasteiger charge is -2.28. The van der Waals surface area contributed by atoms with Crippen LogP contribution < -0.4 is 20.5 Å². The molecule has 1 aromatic carbocycles. The molecule has 3 N–H and O–H groups in total. The molecule has 1 aromatic rings. The van der Waals surface area contributed by atoms with Crippen molar-refractivity contribution >= 4 is 23.2 Å². The third kappa shape index (κ3) is 2.58. The molecule has 2 amide bonds. The Labute approximate surface area is 122 Å². The van der Waals surface area contributed by atoms with E-state index in [9.17, 15) is 9.59 Å². The molecule has 1 unspecified atom stereocenters. The molecule has 1 saturated heterocycles. The molecule has 3 rings (SSSR count). The average Bonchev–Trinajstić information content (AvgIpc) is 2.89. The van der Waals surface area contributed by atoms with Gasteiger partial charge in [0.15, 0.2) is 11.5 Å². The molecule has 0 aromatic heterocycles. The van der Waals surface area contributed by atoms with Gasteiger partial charge < -0.3 is 25.4 Å². The zero-order valence-corrected chi connectivity index (χ0v) is 11.7. The maximum atomic E-state index is 12.3.